The molecule has 6 heteroatoms. The molecular weight excluding hydrogens is 220 g/mol. The summed E-state index contributed by atoms with van der Waals surface area (Å²) in [5.74, 6) is 0.913. The number of rotatable bonds is 4. The number of aryl methyl sites for hydroxylation is 2. The zero-order chi connectivity index (χ0) is 12.9. The molecule has 0 unspecified atom stereocenters. The number of carbonyl (C=O) groups is 1. The molecule has 0 saturated carbocycles. The number of alkyl carbamates (subject to hydrolysis) is 1. The zero-order valence-corrected chi connectivity index (χ0v) is 10.9. The third-order valence-corrected chi connectivity index (χ3v) is 2.05. The van der Waals surface area contributed by atoms with Crippen molar-refractivity contribution < 1.29 is 9.53 Å². The number of ether oxygens (including phenoxy) is 1. The van der Waals surface area contributed by atoms with Crippen LogP contribution in [-0.4, -0.2) is 33.0 Å². The van der Waals surface area contributed by atoms with Gasteiger partial charge in [-0.25, -0.2) is 4.79 Å². The second-order valence-electron chi connectivity index (χ2n) is 4.89. The maximum Gasteiger partial charge on any atom is 0.407 e. The molecule has 96 valence electrons. The highest BCUT2D eigenvalue weighted by atomic mass is 16.6. The van der Waals surface area contributed by atoms with Crippen molar-refractivity contribution in [3.05, 3.63) is 12.2 Å². The first-order valence-corrected chi connectivity index (χ1v) is 5.68. The summed E-state index contributed by atoms with van der Waals surface area (Å²) in [5, 5.41) is 10.4. The average molecular weight is 240 g/mol. The molecule has 6 nitrogen and oxygen atoms in total. The molecule has 0 fully saturated rings. The highest BCUT2D eigenvalue weighted by molar-refractivity contribution is 5.67. The predicted molar refractivity (Wildman–Crippen MR) is 63.6 cm³/mol. The molecule has 0 aliphatic carbocycles. The lowest BCUT2D eigenvalue weighted by molar-refractivity contribution is 0.0527. The SMILES string of the molecule is Cn1cnnc1CCCNC(=O)OC(C)(C)C. The number of aromatic nitrogens is 3. The van der Waals surface area contributed by atoms with Gasteiger partial charge in [0.25, 0.3) is 0 Å². The van der Waals surface area contributed by atoms with Crippen LogP contribution >= 0.6 is 0 Å². The highest BCUT2D eigenvalue weighted by Gasteiger charge is 2.15. The van der Waals surface area contributed by atoms with Crippen molar-refractivity contribution in [2.24, 2.45) is 7.05 Å². The molecule has 0 saturated heterocycles. The molecule has 0 atom stereocenters. The Labute approximate surface area is 101 Å². The van der Waals surface area contributed by atoms with Crippen molar-refractivity contribution >= 4 is 6.09 Å². The Bertz CT molecular complexity index is 368. The second-order valence-corrected chi connectivity index (χ2v) is 4.89. The van der Waals surface area contributed by atoms with Crippen LogP contribution in [0, 0.1) is 0 Å². The standard InChI is InChI=1S/C11H20N4O2/c1-11(2,3)17-10(16)12-7-5-6-9-14-13-8-15(9)4/h8H,5-7H2,1-4H3,(H,12,16). The molecule has 1 amide bonds. The molecule has 1 aromatic rings. The van der Waals surface area contributed by atoms with Gasteiger partial charge in [-0.2, -0.15) is 0 Å². The van der Waals surface area contributed by atoms with Gasteiger partial charge < -0.3 is 14.6 Å². The fraction of sp³-hybridized carbons (Fsp3) is 0.727. The fourth-order valence-corrected chi connectivity index (χ4v) is 1.28. The first-order valence-electron chi connectivity index (χ1n) is 5.68. The lowest BCUT2D eigenvalue weighted by Gasteiger charge is -2.19. The summed E-state index contributed by atoms with van der Waals surface area (Å²) in [6, 6.07) is 0. The van der Waals surface area contributed by atoms with Gasteiger partial charge in [0.15, 0.2) is 0 Å². The van der Waals surface area contributed by atoms with Crippen molar-refractivity contribution in [2.75, 3.05) is 6.54 Å². The third kappa shape index (κ3) is 5.33. The largest absolute Gasteiger partial charge is 0.444 e. The molecule has 1 heterocycles. The molecule has 0 spiro atoms. The van der Waals surface area contributed by atoms with Crippen molar-refractivity contribution in [3.63, 3.8) is 0 Å². The number of nitrogens with one attached hydrogen (secondary N) is 1. The van der Waals surface area contributed by atoms with Crippen molar-refractivity contribution in [1.29, 1.82) is 0 Å². The Morgan fingerprint density at radius 3 is 2.76 bits per heavy atom. The molecule has 0 aliphatic rings. The van der Waals surface area contributed by atoms with E-state index in [1.165, 1.54) is 0 Å². The number of amides is 1. The van der Waals surface area contributed by atoms with Gasteiger partial charge in [-0.05, 0) is 27.2 Å². The van der Waals surface area contributed by atoms with E-state index in [-0.39, 0.29) is 6.09 Å². The van der Waals surface area contributed by atoms with E-state index >= 15 is 0 Å². The highest BCUT2D eigenvalue weighted by Crippen LogP contribution is 2.06. The van der Waals surface area contributed by atoms with Crippen LogP contribution in [-0.2, 0) is 18.2 Å². The predicted octanol–water partition coefficient (Wildman–Crippen LogP) is 1.27. The molecule has 0 aliphatic heterocycles. The lowest BCUT2D eigenvalue weighted by Crippen LogP contribution is -2.33. The van der Waals surface area contributed by atoms with Gasteiger partial charge in [0, 0.05) is 20.0 Å². The summed E-state index contributed by atoms with van der Waals surface area (Å²) < 4.78 is 6.98. The van der Waals surface area contributed by atoms with Gasteiger partial charge >= 0.3 is 6.09 Å². The molecule has 17 heavy (non-hydrogen) atoms. The summed E-state index contributed by atoms with van der Waals surface area (Å²) in [7, 11) is 1.90. The molecule has 1 aromatic heterocycles. The van der Waals surface area contributed by atoms with Crippen molar-refractivity contribution in [2.45, 2.75) is 39.2 Å². The van der Waals surface area contributed by atoms with Gasteiger partial charge in [-0.3, -0.25) is 0 Å². The van der Waals surface area contributed by atoms with E-state index in [1.54, 1.807) is 6.33 Å². The van der Waals surface area contributed by atoms with E-state index in [1.807, 2.05) is 32.4 Å². The minimum atomic E-state index is -0.451. The molecule has 1 rings (SSSR count). The number of nitrogens with zero attached hydrogens (tertiary/aromatic N) is 3. The van der Waals surface area contributed by atoms with Crippen LogP contribution in [0.1, 0.15) is 33.0 Å². The van der Waals surface area contributed by atoms with Crippen LogP contribution in [0.2, 0.25) is 0 Å². The first-order chi connectivity index (χ1) is 7.88. The maximum absolute atomic E-state index is 11.3. The smallest absolute Gasteiger partial charge is 0.407 e. The topological polar surface area (TPSA) is 69.0 Å². The molecule has 1 N–H and O–H groups in total. The monoisotopic (exact) mass is 240 g/mol. The summed E-state index contributed by atoms with van der Waals surface area (Å²) in [5.41, 5.74) is -0.451. The fourth-order valence-electron chi connectivity index (χ4n) is 1.28. The Hall–Kier alpha value is -1.59. The van der Waals surface area contributed by atoms with E-state index in [4.69, 9.17) is 4.74 Å². The summed E-state index contributed by atoms with van der Waals surface area (Å²) >= 11 is 0. The van der Waals surface area contributed by atoms with Crippen LogP contribution in [0.5, 0.6) is 0 Å². The normalized spacial score (nSPS) is 11.3. The summed E-state index contributed by atoms with van der Waals surface area (Å²) in [6.45, 7) is 6.09. The molecule has 0 aromatic carbocycles. The maximum atomic E-state index is 11.3. The van der Waals surface area contributed by atoms with Gasteiger partial charge in [0.2, 0.25) is 0 Å². The zero-order valence-electron chi connectivity index (χ0n) is 10.9. The van der Waals surface area contributed by atoms with E-state index in [9.17, 15) is 4.79 Å². The van der Waals surface area contributed by atoms with E-state index < -0.39 is 5.60 Å². The Morgan fingerprint density at radius 2 is 2.24 bits per heavy atom. The number of carbonyl (C=O) groups excluding carboxylic acids is 1. The minimum Gasteiger partial charge on any atom is -0.444 e. The van der Waals surface area contributed by atoms with Crippen molar-refractivity contribution in [3.8, 4) is 0 Å². The second kappa shape index (κ2) is 5.65. The van der Waals surface area contributed by atoms with E-state index in [0.29, 0.717) is 6.54 Å². The molecular formula is C11H20N4O2. The lowest BCUT2D eigenvalue weighted by atomic mass is 10.2. The average Bonchev–Trinajstić information content (AvgIpc) is 2.56. The van der Waals surface area contributed by atoms with Crippen LogP contribution in [0.25, 0.3) is 0 Å². The molecule has 0 bridgehead atoms. The van der Waals surface area contributed by atoms with Gasteiger partial charge in [0.05, 0.1) is 0 Å². The van der Waals surface area contributed by atoms with Crippen LogP contribution in [0.4, 0.5) is 4.79 Å². The Morgan fingerprint density at radius 1 is 1.53 bits per heavy atom. The quantitative estimate of drug-likeness (QED) is 0.805. The third-order valence-electron chi connectivity index (χ3n) is 2.05. The van der Waals surface area contributed by atoms with Crippen LogP contribution in [0.15, 0.2) is 6.33 Å². The van der Waals surface area contributed by atoms with E-state index in [2.05, 4.69) is 15.5 Å². The Kier molecular flexibility index (Phi) is 4.48. The molecule has 0 radical (unpaired) electrons. The van der Waals surface area contributed by atoms with Crippen LogP contribution < -0.4 is 5.32 Å². The summed E-state index contributed by atoms with van der Waals surface area (Å²) in [4.78, 5) is 11.3. The van der Waals surface area contributed by atoms with Gasteiger partial charge in [-0.1, -0.05) is 0 Å². The van der Waals surface area contributed by atoms with Gasteiger partial charge in [0.1, 0.15) is 17.8 Å². The minimum absolute atomic E-state index is 0.379. The number of hydrogen-bond donors (Lipinski definition) is 1. The van der Waals surface area contributed by atoms with Crippen molar-refractivity contribution in [1.82, 2.24) is 20.1 Å². The first kappa shape index (κ1) is 13.5. The Balaban J connectivity index is 2.17. The van der Waals surface area contributed by atoms with E-state index in [0.717, 1.165) is 18.7 Å². The van der Waals surface area contributed by atoms with Gasteiger partial charge in [-0.15, -0.1) is 10.2 Å². The van der Waals surface area contributed by atoms with Crippen LogP contribution in [0.3, 0.4) is 0 Å². The summed E-state index contributed by atoms with van der Waals surface area (Å²) in [6.07, 6.45) is 2.88. The number of hydrogen-bond acceptors (Lipinski definition) is 4.